The molecular formula is C3H6NO+. The van der Waals surface area contributed by atoms with Crippen molar-refractivity contribution in [2.75, 3.05) is 13.3 Å². The van der Waals surface area contributed by atoms with E-state index in [1.54, 1.807) is 6.61 Å². The fourth-order valence-corrected chi connectivity index (χ4v) is 0.295. The molecule has 5 heavy (non-hydrogen) atoms. The zero-order chi connectivity index (χ0) is 3.54. The third-order valence-electron chi connectivity index (χ3n) is 0.531. The quantitative estimate of drug-likeness (QED) is 0.397. The molecule has 1 fully saturated rings. The molecule has 1 rings (SSSR count). The number of ether oxygens (including phenoxy) is 1. The van der Waals surface area contributed by atoms with E-state index in [1.165, 1.54) is 0 Å². The first-order valence-corrected chi connectivity index (χ1v) is 1.64. The second-order valence-corrected chi connectivity index (χ2v) is 0.932. The topological polar surface area (TPSA) is 21.3 Å². The minimum absolute atomic E-state index is 0.694. The van der Waals surface area contributed by atoms with Gasteiger partial charge in [0.15, 0.2) is 13.3 Å². The summed E-state index contributed by atoms with van der Waals surface area (Å²) in [5.41, 5.74) is 0. The van der Waals surface area contributed by atoms with Crippen LogP contribution in [0.15, 0.2) is 0 Å². The molecule has 0 bridgehead atoms. The van der Waals surface area contributed by atoms with Gasteiger partial charge in [-0.2, -0.15) is 4.74 Å². The van der Waals surface area contributed by atoms with E-state index in [9.17, 15) is 0 Å². The van der Waals surface area contributed by atoms with Crippen LogP contribution in [0.5, 0.6) is 0 Å². The number of hydrogen-bond acceptors (Lipinski definition) is 2. The summed E-state index contributed by atoms with van der Waals surface area (Å²) in [5.74, 6) is 0. The smallest absolute Gasteiger partial charge is 0.244 e. The van der Waals surface area contributed by atoms with Gasteiger partial charge in [-0.25, -0.2) is 5.32 Å². The summed E-state index contributed by atoms with van der Waals surface area (Å²) >= 11 is 0. The van der Waals surface area contributed by atoms with Crippen molar-refractivity contribution in [2.24, 2.45) is 0 Å². The van der Waals surface area contributed by atoms with E-state index < -0.39 is 0 Å². The molecule has 0 aromatic carbocycles. The predicted octanol–water partition coefficient (Wildman–Crippen LogP) is -0.275. The van der Waals surface area contributed by atoms with Gasteiger partial charge in [-0.05, 0) is 0 Å². The molecule has 0 aromatic rings. The van der Waals surface area contributed by atoms with E-state index in [4.69, 9.17) is 4.74 Å². The van der Waals surface area contributed by atoms with Crippen LogP contribution in [0.4, 0.5) is 0 Å². The van der Waals surface area contributed by atoms with Crippen LogP contribution < -0.4 is 5.32 Å². The molecule has 1 aliphatic rings. The van der Waals surface area contributed by atoms with E-state index in [2.05, 4.69) is 5.32 Å². The summed E-state index contributed by atoms with van der Waals surface area (Å²) in [6.45, 7) is 3.35. The molecule has 0 saturated carbocycles. The van der Waals surface area contributed by atoms with Gasteiger partial charge in [-0.3, -0.25) is 0 Å². The van der Waals surface area contributed by atoms with Gasteiger partial charge in [0, 0.05) is 0 Å². The monoisotopic (exact) mass is 72.0 g/mol. The van der Waals surface area contributed by atoms with E-state index in [1.807, 2.05) is 0 Å². The van der Waals surface area contributed by atoms with Crippen LogP contribution >= 0.6 is 0 Å². The van der Waals surface area contributed by atoms with Gasteiger partial charge in [0.2, 0.25) is 6.61 Å². The van der Waals surface area contributed by atoms with Crippen LogP contribution in [0.25, 0.3) is 0 Å². The second-order valence-electron chi connectivity index (χ2n) is 0.932. The third-order valence-corrected chi connectivity index (χ3v) is 0.531. The Morgan fingerprint density at radius 2 is 2.80 bits per heavy atom. The first-order valence-electron chi connectivity index (χ1n) is 1.64. The molecule has 1 aliphatic heterocycles. The summed E-state index contributed by atoms with van der Waals surface area (Å²) in [6, 6.07) is 0. The zero-order valence-electron chi connectivity index (χ0n) is 2.90. The standard InChI is InChI=1S/C3H6NO/c1-2-5-3-4-1/h2,4H,1,3H2/q+1. The van der Waals surface area contributed by atoms with E-state index in [-0.39, 0.29) is 0 Å². The van der Waals surface area contributed by atoms with Crippen molar-refractivity contribution in [3.8, 4) is 0 Å². The third kappa shape index (κ3) is 0.529. The molecule has 0 aliphatic carbocycles. The Labute approximate surface area is 31.1 Å². The molecule has 28 valence electrons. The molecule has 0 unspecified atom stereocenters. The van der Waals surface area contributed by atoms with E-state index >= 15 is 0 Å². The molecule has 0 atom stereocenters. The molecule has 1 saturated heterocycles. The minimum atomic E-state index is 0.694. The lowest BCUT2D eigenvalue weighted by atomic mass is 10.7. The molecule has 1 heterocycles. The van der Waals surface area contributed by atoms with Gasteiger partial charge in [-0.15, -0.1) is 0 Å². The molecular weight excluding hydrogens is 66.0 g/mol. The van der Waals surface area contributed by atoms with E-state index in [0.29, 0.717) is 6.73 Å². The molecule has 1 N–H and O–H groups in total. The van der Waals surface area contributed by atoms with Crippen LogP contribution in [0.1, 0.15) is 0 Å². The first-order chi connectivity index (χ1) is 2.50. The van der Waals surface area contributed by atoms with Crippen molar-refractivity contribution in [3.05, 3.63) is 6.61 Å². The van der Waals surface area contributed by atoms with Crippen LogP contribution in [0.3, 0.4) is 0 Å². The zero-order valence-corrected chi connectivity index (χ0v) is 2.90. The number of hydrogen-bond donors (Lipinski definition) is 1. The highest BCUT2D eigenvalue weighted by Gasteiger charge is 2.05. The molecule has 0 amide bonds. The fraction of sp³-hybridized carbons (Fsp3) is 0.667. The lowest BCUT2D eigenvalue weighted by Crippen LogP contribution is -2.04. The van der Waals surface area contributed by atoms with Crippen molar-refractivity contribution >= 4 is 0 Å². The maximum absolute atomic E-state index is 4.71. The number of rotatable bonds is 0. The van der Waals surface area contributed by atoms with Crippen LogP contribution in [-0.2, 0) is 4.74 Å². The maximum atomic E-state index is 4.71. The highest BCUT2D eigenvalue weighted by atomic mass is 16.5. The highest BCUT2D eigenvalue weighted by molar-refractivity contribution is 4.58. The van der Waals surface area contributed by atoms with Crippen molar-refractivity contribution < 1.29 is 4.74 Å². The minimum Gasteiger partial charge on any atom is -0.249 e. The maximum Gasteiger partial charge on any atom is 0.244 e. The van der Waals surface area contributed by atoms with Crippen LogP contribution in [0.2, 0.25) is 0 Å². The summed E-state index contributed by atoms with van der Waals surface area (Å²) in [7, 11) is 0. The Kier molecular flexibility index (Phi) is 0.771. The molecule has 0 spiro atoms. The number of nitrogens with one attached hydrogen (secondary N) is 1. The Balaban J connectivity index is 2.08. The van der Waals surface area contributed by atoms with Crippen molar-refractivity contribution in [2.45, 2.75) is 0 Å². The fourth-order valence-electron chi connectivity index (χ4n) is 0.295. The SMILES string of the molecule is [CH+]1CNCO1. The van der Waals surface area contributed by atoms with Gasteiger partial charge in [0.1, 0.15) is 0 Å². The molecule has 0 aromatic heterocycles. The van der Waals surface area contributed by atoms with Gasteiger partial charge >= 0.3 is 0 Å². The van der Waals surface area contributed by atoms with E-state index in [0.717, 1.165) is 6.54 Å². The van der Waals surface area contributed by atoms with Gasteiger partial charge in [0.25, 0.3) is 0 Å². The normalized spacial score (nSPS) is 22.4. The molecule has 2 nitrogen and oxygen atoms in total. The van der Waals surface area contributed by atoms with Crippen molar-refractivity contribution in [3.63, 3.8) is 0 Å². The average Bonchev–Trinajstić information content (AvgIpc) is 1.76. The predicted molar refractivity (Wildman–Crippen MR) is 18.3 cm³/mol. The van der Waals surface area contributed by atoms with Gasteiger partial charge in [-0.1, -0.05) is 0 Å². The lowest BCUT2D eigenvalue weighted by molar-refractivity contribution is 0.246. The summed E-state index contributed by atoms with van der Waals surface area (Å²) in [4.78, 5) is 0. The van der Waals surface area contributed by atoms with Crippen LogP contribution in [0, 0.1) is 6.61 Å². The van der Waals surface area contributed by atoms with Crippen LogP contribution in [-0.4, -0.2) is 13.3 Å². The Morgan fingerprint density at radius 3 is 3.00 bits per heavy atom. The Morgan fingerprint density at radius 1 is 1.80 bits per heavy atom. The highest BCUT2D eigenvalue weighted by Crippen LogP contribution is 1.82. The summed E-state index contributed by atoms with van der Waals surface area (Å²) in [6.07, 6.45) is 0. The molecule has 2 heteroatoms. The lowest BCUT2D eigenvalue weighted by Gasteiger charge is -1.67. The van der Waals surface area contributed by atoms with Crippen molar-refractivity contribution in [1.82, 2.24) is 5.32 Å². The second kappa shape index (κ2) is 1.29. The first kappa shape index (κ1) is 3.00. The Hall–Kier alpha value is -0.210. The Bertz CT molecular complexity index is 18.5. The summed E-state index contributed by atoms with van der Waals surface area (Å²) < 4.78 is 4.71. The average molecular weight is 72.1 g/mol. The largest absolute Gasteiger partial charge is 0.249 e. The van der Waals surface area contributed by atoms with Crippen molar-refractivity contribution in [1.29, 1.82) is 0 Å². The molecule has 0 radical (unpaired) electrons. The van der Waals surface area contributed by atoms with Gasteiger partial charge < -0.3 is 0 Å². The summed E-state index contributed by atoms with van der Waals surface area (Å²) in [5, 5.41) is 2.94. The van der Waals surface area contributed by atoms with Gasteiger partial charge in [0.05, 0.1) is 0 Å².